The number of amides is 1. The first kappa shape index (κ1) is 17.4. The van der Waals surface area contributed by atoms with E-state index in [1.165, 1.54) is 14.0 Å². The summed E-state index contributed by atoms with van der Waals surface area (Å²) in [6.07, 6.45) is -0.384. The fourth-order valence-corrected chi connectivity index (χ4v) is 3.31. The van der Waals surface area contributed by atoms with E-state index in [0.29, 0.717) is 6.42 Å². The molecule has 0 aliphatic heterocycles. The van der Waals surface area contributed by atoms with Crippen molar-refractivity contribution in [3.05, 3.63) is 4.91 Å². The molecule has 0 heterocycles. The lowest BCUT2D eigenvalue weighted by Crippen LogP contribution is -2.36. The summed E-state index contributed by atoms with van der Waals surface area (Å²) in [6, 6.07) is 0. The molecular formula is C13H17NO6S. The van der Waals surface area contributed by atoms with Gasteiger partial charge in [0.1, 0.15) is 16.6 Å². The van der Waals surface area contributed by atoms with Crippen LogP contribution < -0.4 is 5.32 Å². The van der Waals surface area contributed by atoms with E-state index in [4.69, 9.17) is 9.84 Å². The largest absolute Gasteiger partial charge is 0.481 e. The average Bonchev–Trinajstić information content (AvgIpc) is 2.79. The summed E-state index contributed by atoms with van der Waals surface area (Å²) in [4.78, 5) is 44.9. The fourth-order valence-electron chi connectivity index (χ4n) is 2.17. The van der Waals surface area contributed by atoms with Gasteiger partial charge < -0.3 is 15.2 Å². The minimum Gasteiger partial charge on any atom is -0.481 e. The normalized spacial score (nSPS) is 22.5. The first-order valence-corrected chi connectivity index (χ1v) is 7.32. The number of carbonyl (C=O) groups is 3. The Kier molecular flexibility index (Phi) is 6.61. The van der Waals surface area contributed by atoms with Crippen molar-refractivity contribution in [3.63, 3.8) is 0 Å². The zero-order valence-corrected chi connectivity index (χ0v) is 12.6. The number of nitrogens with one attached hydrogen (secondary N) is 1. The number of rotatable bonds is 7. The van der Waals surface area contributed by atoms with E-state index in [2.05, 4.69) is 5.32 Å². The van der Waals surface area contributed by atoms with Gasteiger partial charge in [0.15, 0.2) is 6.23 Å². The van der Waals surface area contributed by atoms with E-state index in [1.54, 1.807) is 5.94 Å². The highest BCUT2D eigenvalue weighted by atomic mass is 32.2. The summed E-state index contributed by atoms with van der Waals surface area (Å²) in [5.41, 5.74) is 0. The van der Waals surface area contributed by atoms with Crippen molar-refractivity contribution >= 4 is 35.4 Å². The number of carboxylic acids is 1. The standard InChI is InChI=1S/C13H17NO6S/c1-7(16)14-12(20-2)11(5-15)21-6-9-8(13(18)19)3-4-10(9)17/h8-9,12H,3-4,6H2,1-2H3,(H,14,16)(H,18,19)/t8-,9+,12?/m1/s1. The Morgan fingerprint density at radius 3 is 2.71 bits per heavy atom. The number of carbonyl (C=O) groups excluding carboxylic acids is 3. The number of methoxy groups -OCH3 is 1. The van der Waals surface area contributed by atoms with Crippen molar-refractivity contribution < 1.29 is 29.0 Å². The lowest BCUT2D eigenvalue weighted by Gasteiger charge is -2.19. The number of hydrogen-bond acceptors (Lipinski definition) is 6. The van der Waals surface area contributed by atoms with E-state index in [-0.39, 0.29) is 28.8 Å². The van der Waals surface area contributed by atoms with Crippen LogP contribution in [0.15, 0.2) is 4.91 Å². The molecule has 0 aromatic carbocycles. The maximum absolute atomic E-state index is 11.7. The van der Waals surface area contributed by atoms with Crippen LogP contribution in [0.3, 0.4) is 0 Å². The highest BCUT2D eigenvalue weighted by Crippen LogP contribution is 2.33. The van der Waals surface area contributed by atoms with Crippen LogP contribution in [0.1, 0.15) is 19.8 Å². The van der Waals surface area contributed by atoms with Crippen molar-refractivity contribution in [1.29, 1.82) is 0 Å². The van der Waals surface area contributed by atoms with Crippen molar-refractivity contribution in [2.75, 3.05) is 12.9 Å². The Balaban J connectivity index is 2.70. The molecular weight excluding hydrogens is 298 g/mol. The van der Waals surface area contributed by atoms with Gasteiger partial charge >= 0.3 is 5.97 Å². The molecule has 21 heavy (non-hydrogen) atoms. The van der Waals surface area contributed by atoms with Crippen molar-refractivity contribution in [2.24, 2.45) is 11.8 Å². The highest BCUT2D eigenvalue weighted by molar-refractivity contribution is 8.03. The summed E-state index contributed by atoms with van der Waals surface area (Å²) in [5.74, 6) is -1.03. The molecule has 3 atom stereocenters. The number of thioether (sulfide) groups is 1. The van der Waals surface area contributed by atoms with Gasteiger partial charge in [0, 0.05) is 32.1 Å². The summed E-state index contributed by atoms with van der Waals surface area (Å²) >= 11 is 0.988. The number of ketones is 1. The Bertz CT molecular complexity index is 485. The molecule has 1 amide bonds. The molecule has 8 heteroatoms. The molecule has 1 fully saturated rings. The average molecular weight is 315 g/mol. The number of carboxylic acid groups (broad SMARTS) is 1. The molecule has 1 aliphatic carbocycles. The van der Waals surface area contributed by atoms with Crippen LogP contribution >= 0.6 is 11.8 Å². The van der Waals surface area contributed by atoms with E-state index in [1.807, 2.05) is 0 Å². The maximum atomic E-state index is 11.7. The van der Waals surface area contributed by atoms with Crippen LogP contribution in [0, 0.1) is 11.8 Å². The lowest BCUT2D eigenvalue weighted by molar-refractivity contribution is -0.143. The van der Waals surface area contributed by atoms with Gasteiger partial charge in [-0.2, -0.15) is 0 Å². The topological polar surface area (TPSA) is 110 Å². The molecule has 7 nitrogen and oxygen atoms in total. The minimum absolute atomic E-state index is 0.0801. The number of ether oxygens (including phenoxy) is 1. The Labute approximate surface area is 126 Å². The molecule has 0 spiro atoms. The van der Waals surface area contributed by atoms with Gasteiger partial charge in [0.25, 0.3) is 0 Å². The maximum Gasteiger partial charge on any atom is 0.307 e. The van der Waals surface area contributed by atoms with Crippen LogP contribution in [-0.4, -0.2) is 47.8 Å². The number of hydrogen-bond donors (Lipinski definition) is 2. The minimum atomic E-state index is -1.01. The lowest BCUT2D eigenvalue weighted by atomic mass is 9.98. The van der Waals surface area contributed by atoms with Crippen LogP contribution in [-0.2, 0) is 23.9 Å². The molecule has 2 N–H and O–H groups in total. The number of Topliss-reactive ketones (excluding diaryl/α,β-unsaturated/α-hetero) is 1. The second kappa shape index (κ2) is 7.97. The third-order valence-electron chi connectivity index (χ3n) is 3.25. The molecule has 116 valence electrons. The monoisotopic (exact) mass is 315 g/mol. The molecule has 1 saturated carbocycles. The zero-order valence-electron chi connectivity index (χ0n) is 11.8. The van der Waals surface area contributed by atoms with Gasteiger partial charge in [0.05, 0.1) is 5.92 Å². The third-order valence-corrected chi connectivity index (χ3v) is 4.38. The highest BCUT2D eigenvalue weighted by Gasteiger charge is 2.39. The number of aliphatic carboxylic acids is 1. The van der Waals surface area contributed by atoms with Crippen LogP contribution in [0.5, 0.6) is 0 Å². The summed E-state index contributed by atoms with van der Waals surface area (Å²) in [6.45, 7) is 1.28. The van der Waals surface area contributed by atoms with E-state index in [0.717, 1.165) is 11.8 Å². The van der Waals surface area contributed by atoms with Crippen molar-refractivity contribution in [2.45, 2.75) is 26.0 Å². The van der Waals surface area contributed by atoms with Crippen LogP contribution in [0.25, 0.3) is 0 Å². The molecule has 0 bridgehead atoms. The van der Waals surface area contributed by atoms with Crippen LogP contribution in [0.4, 0.5) is 0 Å². The first-order chi connectivity index (χ1) is 9.90. The molecule has 0 radical (unpaired) electrons. The van der Waals surface area contributed by atoms with Gasteiger partial charge in [0.2, 0.25) is 5.91 Å². The Morgan fingerprint density at radius 1 is 1.57 bits per heavy atom. The fraction of sp³-hybridized carbons (Fsp3) is 0.615. The van der Waals surface area contributed by atoms with Crippen molar-refractivity contribution in [3.8, 4) is 0 Å². The Morgan fingerprint density at radius 2 is 2.24 bits per heavy atom. The molecule has 0 aromatic rings. The van der Waals surface area contributed by atoms with Crippen LogP contribution in [0.2, 0.25) is 0 Å². The van der Waals surface area contributed by atoms with Gasteiger partial charge in [-0.3, -0.25) is 14.4 Å². The zero-order chi connectivity index (χ0) is 16.0. The predicted molar refractivity (Wildman–Crippen MR) is 75.1 cm³/mol. The summed E-state index contributed by atoms with van der Waals surface area (Å²) in [7, 11) is 1.32. The molecule has 0 aromatic heterocycles. The first-order valence-electron chi connectivity index (χ1n) is 6.33. The van der Waals surface area contributed by atoms with Gasteiger partial charge in [-0.05, 0) is 6.42 Å². The quantitative estimate of drug-likeness (QED) is 0.511. The van der Waals surface area contributed by atoms with E-state index in [9.17, 15) is 19.2 Å². The van der Waals surface area contributed by atoms with Gasteiger partial charge in [-0.15, -0.1) is 11.8 Å². The molecule has 0 saturated heterocycles. The summed E-state index contributed by atoms with van der Waals surface area (Å²) < 4.78 is 4.98. The SMILES string of the molecule is COC(NC(C)=O)C(=C=O)SC[C@@H]1C(=O)CC[C@H]1C(=O)O. The summed E-state index contributed by atoms with van der Waals surface area (Å²) in [5, 5.41) is 11.5. The smallest absolute Gasteiger partial charge is 0.307 e. The molecule has 1 unspecified atom stereocenters. The van der Waals surface area contributed by atoms with E-state index >= 15 is 0 Å². The van der Waals surface area contributed by atoms with Gasteiger partial charge in [-0.25, -0.2) is 4.79 Å². The molecule has 1 aliphatic rings. The van der Waals surface area contributed by atoms with E-state index < -0.39 is 24.0 Å². The second-order valence-electron chi connectivity index (χ2n) is 4.65. The second-order valence-corrected chi connectivity index (χ2v) is 5.71. The predicted octanol–water partition coefficient (Wildman–Crippen LogP) is 0.224. The Hall–Kier alpha value is -1.63. The third kappa shape index (κ3) is 4.70. The molecule has 1 rings (SSSR count). The van der Waals surface area contributed by atoms with Crippen molar-refractivity contribution in [1.82, 2.24) is 5.32 Å². The van der Waals surface area contributed by atoms with Gasteiger partial charge in [-0.1, -0.05) is 0 Å².